The molecule has 0 spiro atoms. The summed E-state index contributed by atoms with van der Waals surface area (Å²) in [5.41, 5.74) is 2.85. The average Bonchev–Trinajstić information content (AvgIpc) is 2.97. The van der Waals surface area contributed by atoms with Crippen molar-refractivity contribution in [1.29, 1.82) is 0 Å². The van der Waals surface area contributed by atoms with Crippen LogP contribution in [-0.2, 0) is 6.42 Å². The van der Waals surface area contributed by atoms with Crippen LogP contribution in [0.5, 0.6) is 0 Å². The van der Waals surface area contributed by atoms with Gasteiger partial charge in [0.25, 0.3) is 0 Å². The molecule has 1 unspecified atom stereocenters. The van der Waals surface area contributed by atoms with E-state index >= 15 is 0 Å². The number of aryl methyl sites for hydroxylation is 2. The molecule has 3 heteroatoms. The number of hydrogen-bond donors (Lipinski definition) is 1. The van der Waals surface area contributed by atoms with Crippen LogP contribution in [0.3, 0.4) is 0 Å². The minimum atomic E-state index is 0.588. The summed E-state index contributed by atoms with van der Waals surface area (Å²) < 4.78 is 0. The molecule has 0 aliphatic carbocycles. The maximum Gasteiger partial charge on any atom is 0.0164 e. The van der Waals surface area contributed by atoms with E-state index in [9.17, 15) is 0 Å². The number of thioether (sulfide) groups is 1. The van der Waals surface area contributed by atoms with E-state index in [1.165, 1.54) is 28.9 Å². The molecule has 0 aliphatic rings. The lowest BCUT2D eigenvalue weighted by atomic mass is 10.1. The van der Waals surface area contributed by atoms with Crippen molar-refractivity contribution in [1.82, 2.24) is 5.32 Å². The van der Waals surface area contributed by atoms with E-state index in [1.807, 2.05) is 11.8 Å². The molecular weight excluding hydrogens is 282 g/mol. The van der Waals surface area contributed by atoms with E-state index < -0.39 is 0 Å². The van der Waals surface area contributed by atoms with Crippen LogP contribution in [0.2, 0.25) is 0 Å². The quantitative estimate of drug-likeness (QED) is 0.706. The van der Waals surface area contributed by atoms with Gasteiger partial charge in [0.2, 0.25) is 0 Å². The van der Waals surface area contributed by atoms with E-state index in [0.29, 0.717) is 6.04 Å². The highest BCUT2D eigenvalue weighted by molar-refractivity contribution is 7.99. The Balaban J connectivity index is 1.84. The van der Waals surface area contributed by atoms with Gasteiger partial charge in [0.1, 0.15) is 0 Å². The largest absolute Gasteiger partial charge is 0.313 e. The molecular formula is C17H23NS2. The summed E-state index contributed by atoms with van der Waals surface area (Å²) in [6, 6.07) is 11.5. The highest BCUT2D eigenvalue weighted by Gasteiger charge is 2.09. The lowest BCUT2D eigenvalue weighted by molar-refractivity contribution is 0.538. The minimum Gasteiger partial charge on any atom is -0.313 e. The molecule has 1 aromatic carbocycles. The Hall–Kier alpha value is -0.770. The van der Waals surface area contributed by atoms with Crippen molar-refractivity contribution in [2.45, 2.75) is 37.6 Å². The Morgan fingerprint density at radius 1 is 1.25 bits per heavy atom. The van der Waals surface area contributed by atoms with E-state index in [4.69, 9.17) is 0 Å². The van der Waals surface area contributed by atoms with E-state index in [1.54, 1.807) is 11.3 Å². The third-order valence-corrected chi connectivity index (χ3v) is 5.46. The van der Waals surface area contributed by atoms with Gasteiger partial charge < -0.3 is 5.32 Å². The minimum absolute atomic E-state index is 0.588. The molecule has 0 saturated heterocycles. The van der Waals surface area contributed by atoms with Gasteiger partial charge in [-0.2, -0.15) is 11.3 Å². The van der Waals surface area contributed by atoms with Crippen molar-refractivity contribution in [3.05, 3.63) is 52.2 Å². The van der Waals surface area contributed by atoms with Crippen LogP contribution in [0, 0.1) is 6.92 Å². The smallest absolute Gasteiger partial charge is 0.0164 e. The van der Waals surface area contributed by atoms with Crippen LogP contribution < -0.4 is 5.32 Å². The first-order valence-corrected chi connectivity index (χ1v) is 9.15. The molecule has 2 aromatic rings. The van der Waals surface area contributed by atoms with Crippen molar-refractivity contribution in [2.75, 3.05) is 12.3 Å². The van der Waals surface area contributed by atoms with Gasteiger partial charge >= 0.3 is 0 Å². The van der Waals surface area contributed by atoms with Gasteiger partial charge in [-0.3, -0.25) is 0 Å². The van der Waals surface area contributed by atoms with Crippen LogP contribution >= 0.6 is 23.1 Å². The Morgan fingerprint density at radius 3 is 2.80 bits per heavy atom. The maximum absolute atomic E-state index is 3.62. The SMILES string of the molecule is CCNC(CCc1ccsc1)CSc1ccccc1C. The summed E-state index contributed by atoms with van der Waals surface area (Å²) >= 11 is 3.76. The molecule has 1 N–H and O–H groups in total. The molecule has 2 rings (SSSR count). The van der Waals surface area contributed by atoms with Crippen molar-refractivity contribution < 1.29 is 0 Å². The molecule has 0 fully saturated rings. The standard InChI is InChI=1S/C17H23NS2/c1-3-18-16(9-8-15-10-11-19-12-15)13-20-17-7-5-4-6-14(17)2/h4-7,10-12,16,18H,3,8-9,13H2,1-2H3. The highest BCUT2D eigenvalue weighted by Crippen LogP contribution is 2.23. The third kappa shape index (κ3) is 4.97. The second kappa shape index (κ2) is 8.50. The van der Waals surface area contributed by atoms with Gasteiger partial charge in [-0.25, -0.2) is 0 Å². The number of rotatable bonds is 8. The van der Waals surface area contributed by atoms with Gasteiger partial charge in [-0.05, 0) is 60.3 Å². The normalized spacial score (nSPS) is 12.5. The van der Waals surface area contributed by atoms with E-state index in [-0.39, 0.29) is 0 Å². The van der Waals surface area contributed by atoms with Crippen molar-refractivity contribution >= 4 is 23.1 Å². The predicted octanol–water partition coefficient (Wildman–Crippen LogP) is 4.76. The molecule has 108 valence electrons. The summed E-state index contributed by atoms with van der Waals surface area (Å²) in [5, 5.41) is 8.05. The van der Waals surface area contributed by atoms with Crippen molar-refractivity contribution in [3.8, 4) is 0 Å². The Labute approximate surface area is 130 Å². The van der Waals surface area contributed by atoms with Gasteiger partial charge in [0, 0.05) is 16.7 Å². The average molecular weight is 306 g/mol. The topological polar surface area (TPSA) is 12.0 Å². The lowest BCUT2D eigenvalue weighted by Crippen LogP contribution is -2.31. The first kappa shape index (κ1) is 15.6. The van der Waals surface area contributed by atoms with Gasteiger partial charge in [-0.15, -0.1) is 11.8 Å². The first-order chi connectivity index (χ1) is 9.79. The molecule has 0 amide bonds. The van der Waals surface area contributed by atoms with E-state index in [0.717, 1.165) is 12.3 Å². The molecule has 1 nitrogen and oxygen atoms in total. The third-order valence-electron chi connectivity index (χ3n) is 3.39. The number of hydrogen-bond acceptors (Lipinski definition) is 3. The zero-order valence-corrected chi connectivity index (χ0v) is 13.9. The Kier molecular flexibility index (Phi) is 6.64. The van der Waals surface area contributed by atoms with Crippen LogP contribution in [0.1, 0.15) is 24.5 Å². The molecule has 20 heavy (non-hydrogen) atoms. The fourth-order valence-corrected chi connectivity index (χ4v) is 4.06. The van der Waals surface area contributed by atoms with Gasteiger partial charge in [-0.1, -0.05) is 25.1 Å². The highest BCUT2D eigenvalue weighted by atomic mass is 32.2. The molecule has 0 aliphatic heterocycles. The fourth-order valence-electron chi connectivity index (χ4n) is 2.22. The molecule has 0 radical (unpaired) electrons. The van der Waals surface area contributed by atoms with E-state index in [2.05, 4.69) is 60.3 Å². The number of thiophene rings is 1. The zero-order valence-electron chi connectivity index (χ0n) is 12.3. The monoisotopic (exact) mass is 305 g/mol. The molecule has 1 aromatic heterocycles. The lowest BCUT2D eigenvalue weighted by Gasteiger charge is -2.17. The summed E-state index contributed by atoms with van der Waals surface area (Å²) in [5.74, 6) is 1.14. The second-order valence-electron chi connectivity index (χ2n) is 5.00. The Morgan fingerprint density at radius 2 is 2.10 bits per heavy atom. The summed E-state index contributed by atoms with van der Waals surface area (Å²) in [4.78, 5) is 1.41. The van der Waals surface area contributed by atoms with Crippen LogP contribution in [-0.4, -0.2) is 18.3 Å². The number of benzene rings is 1. The summed E-state index contributed by atoms with van der Waals surface area (Å²) in [6.07, 6.45) is 2.39. The summed E-state index contributed by atoms with van der Waals surface area (Å²) in [6.45, 7) is 5.43. The first-order valence-electron chi connectivity index (χ1n) is 7.22. The second-order valence-corrected chi connectivity index (χ2v) is 6.84. The van der Waals surface area contributed by atoms with Crippen LogP contribution in [0.4, 0.5) is 0 Å². The molecule has 1 atom stereocenters. The fraction of sp³-hybridized carbons (Fsp3) is 0.412. The molecule has 0 saturated carbocycles. The van der Waals surface area contributed by atoms with Gasteiger partial charge in [0.15, 0.2) is 0 Å². The van der Waals surface area contributed by atoms with Crippen LogP contribution in [0.25, 0.3) is 0 Å². The molecule has 0 bridgehead atoms. The summed E-state index contributed by atoms with van der Waals surface area (Å²) in [7, 11) is 0. The van der Waals surface area contributed by atoms with Crippen molar-refractivity contribution in [2.24, 2.45) is 0 Å². The van der Waals surface area contributed by atoms with Crippen LogP contribution in [0.15, 0.2) is 46.0 Å². The van der Waals surface area contributed by atoms with Crippen molar-refractivity contribution in [3.63, 3.8) is 0 Å². The van der Waals surface area contributed by atoms with Gasteiger partial charge in [0.05, 0.1) is 0 Å². The Bertz CT molecular complexity index is 493. The zero-order chi connectivity index (χ0) is 14.2. The predicted molar refractivity (Wildman–Crippen MR) is 92.0 cm³/mol. The molecule has 1 heterocycles. The number of nitrogens with one attached hydrogen (secondary N) is 1. The maximum atomic E-state index is 3.62.